The zero-order valence-corrected chi connectivity index (χ0v) is 12.4. The van der Waals surface area contributed by atoms with E-state index < -0.39 is 0 Å². The highest BCUT2D eigenvalue weighted by molar-refractivity contribution is 9.10. The number of hydrazine groups is 1. The molecule has 0 aliphatic carbocycles. The summed E-state index contributed by atoms with van der Waals surface area (Å²) in [5, 5.41) is 4.08. The summed E-state index contributed by atoms with van der Waals surface area (Å²) >= 11 is 5.15. The van der Waals surface area contributed by atoms with Gasteiger partial charge in [0, 0.05) is 9.85 Å². The van der Waals surface area contributed by atoms with Crippen LogP contribution in [0.4, 0.5) is 0 Å². The lowest BCUT2D eigenvalue weighted by Crippen LogP contribution is -2.44. The predicted molar refractivity (Wildman–Crippen MR) is 78.4 cm³/mol. The van der Waals surface area contributed by atoms with Gasteiger partial charge in [0.05, 0.1) is 6.04 Å². The number of rotatable bonds is 3. The van der Waals surface area contributed by atoms with Crippen LogP contribution in [0.1, 0.15) is 11.6 Å². The van der Waals surface area contributed by atoms with E-state index in [0.717, 1.165) is 21.5 Å². The highest BCUT2D eigenvalue weighted by atomic mass is 79.9. The number of halogens is 1. The van der Waals surface area contributed by atoms with Gasteiger partial charge in [-0.15, -0.1) is 0 Å². The Morgan fingerprint density at radius 2 is 2.11 bits per heavy atom. The maximum atomic E-state index is 5.98. The van der Waals surface area contributed by atoms with Crippen molar-refractivity contribution in [3.8, 4) is 11.5 Å². The SMILES string of the molecule is NNC(c1cscc1Br)C1COc2ccccc2O1. The van der Waals surface area contributed by atoms with Gasteiger partial charge in [0.1, 0.15) is 6.61 Å². The molecule has 0 radical (unpaired) electrons. The molecular weight excluding hydrogens is 328 g/mol. The number of benzene rings is 1. The van der Waals surface area contributed by atoms with E-state index >= 15 is 0 Å². The van der Waals surface area contributed by atoms with Gasteiger partial charge >= 0.3 is 0 Å². The highest BCUT2D eigenvalue weighted by Gasteiger charge is 2.30. The maximum Gasteiger partial charge on any atom is 0.161 e. The largest absolute Gasteiger partial charge is 0.486 e. The number of nitrogens with one attached hydrogen (secondary N) is 1. The van der Waals surface area contributed by atoms with Gasteiger partial charge in [-0.3, -0.25) is 5.84 Å². The molecule has 2 unspecified atom stereocenters. The molecular formula is C13H13BrN2O2S. The van der Waals surface area contributed by atoms with Gasteiger partial charge in [-0.2, -0.15) is 11.3 Å². The Balaban J connectivity index is 1.85. The number of nitrogens with two attached hydrogens (primary N) is 1. The molecule has 100 valence electrons. The lowest BCUT2D eigenvalue weighted by Gasteiger charge is -2.31. The summed E-state index contributed by atoms with van der Waals surface area (Å²) in [6.07, 6.45) is -0.161. The van der Waals surface area contributed by atoms with Crippen LogP contribution < -0.4 is 20.7 Å². The first-order chi connectivity index (χ1) is 9.29. The molecule has 0 bridgehead atoms. The molecule has 0 saturated heterocycles. The van der Waals surface area contributed by atoms with Crippen molar-refractivity contribution in [1.82, 2.24) is 5.43 Å². The predicted octanol–water partition coefficient (Wildman–Crippen LogP) is 2.86. The minimum atomic E-state index is -0.161. The molecule has 2 atom stereocenters. The average Bonchev–Trinajstić information content (AvgIpc) is 2.86. The Bertz CT molecular complexity index is 575. The number of hydrogen-bond acceptors (Lipinski definition) is 5. The zero-order valence-electron chi connectivity index (χ0n) is 10.0. The van der Waals surface area contributed by atoms with Crippen LogP contribution in [0.3, 0.4) is 0 Å². The molecule has 1 aliphatic rings. The van der Waals surface area contributed by atoms with E-state index in [4.69, 9.17) is 15.3 Å². The van der Waals surface area contributed by atoms with Gasteiger partial charge in [-0.05, 0) is 39.0 Å². The second-order valence-corrected chi connectivity index (χ2v) is 5.83. The van der Waals surface area contributed by atoms with Gasteiger partial charge in [-0.1, -0.05) is 12.1 Å². The standard InChI is InChI=1S/C13H13BrN2O2S/c14-9-7-19-6-8(9)13(16-15)12-5-17-10-3-1-2-4-11(10)18-12/h1-4,6-7,12-13,16H,5,15H2. The Hall–Kier alpha value is -1.08. The van der Waals surface area contributed by atoms with E-state index in [0.29, 0.717) is 6.61 Å². The minimum absolute atomic E-state index is 0.117. The molecule has 2 aromatic rings. The third-order valence-corrected chi connectivity index (χ3v) is 4.81. The fraction of sp³-hybridized carbons (Fsp3) is 0.231. The van der Waals surface area contributed by atoms with Crippen LogP contribution in [0.5, 0.6) is 11.5 Å². The lowest BCUT2D eigenvalue weighted by atomic mass is 10.1. The van der Waals surface area contributed by atoms with Crippen LogP contribution in [0.25, 0.3) is 0 Å². The van der Waals surface area contributed by atoms with Crippen LogP contribution in [0.2, 0.25) is 0 Å². The Morgan fingerprint density at radius 1 is 1.32 bits per heavy atom. The average molecular weight is 341 g/mol. The van der Waals surface area contributed by atoms with E-state index in [9.17, 15) is 0 Å². The first-order valence-corrected chi connectivity index (χ1v) is 7.59. The topological polar surface area (TPSA) is 56.5 Å². The molecule has 6 heteroatoms. The number of thiophene rings is 1. The van der Waals surface area contributed by atoms with E-state index in [2.05, 4.69) is 26.7 Å². The summed E-state index contributed by atoms with van der Waals surface area (Å²) in [4.78, 5) is 0. The smallest absolute Gasteiger partial charge is 0.161 e. The molecule has 0 spiro atoms. The molecule has 1 aromatic heterocycles. The third-order valence-electron chi connectivity index (χ3n) is 3.06. The van der Waals surface area contributed by atoms with Gasteiger partial charge in [-0.25, -0.2) is 5.43 Å². The van der Waals surface area contributed by atoms with Crippen LogP contribution in [0, 0.1) is 0 Å². The number of fused-ring (bicyclic) bond motifs is 1. The van der Waals surface area contributed by atoms with Gasteiger partial charge in [0.25, 0.3) is 0 Å². The molecule has 1 aliphatic heterocycles. The molecule has 0 fully saturated rings. The first-order valence-electron chi connectivity index (χ1n) is 5.86. The Labute approximate surface area is 123 Å². The molecule has 4 nitrogen and oxygen atoms in total. The summed E-state index contributed by atoms with van der Waals surface area (Å²) in [6, 6.07) is 7.54. The molecule has 0 amide bonds. The van der Waals surface area contributed by atoms with Crippen molar-refractivity contribution in [3.63, 3.8) is 0 Å². The van der Waals surface area contributed by atoms with Gasteiger partial charge in [0.2, 0.25) is 0 Å². The van der Waals surface area contributed by atoms with Gasteiger partial charge < -0.3 is 9.47 Å². The number of ether oxygens (including phenoxy) is 2. The summed E-state index contributed by atoms with van der Waals surface area (Å²) in [5.41, 5.74) is 3.90. The van der Waals surface area contributed by atoms with Crippen molar-refractivity contribution in [2.24, 2.45) is 5.84 Å². The fourth-order valence-electron chi connectivity index (χ4n) is 2.11. The van der Waals surface area contributed by atoms with Crippen molar-refractivity contribution in [3.05, 3.63) is 45.1 Å². The molecule has 0 saturated carbocycles. The summed E-state index contributed by atoms with van der Waals surface area (Å²) < 4.78 is 12.7. The first kappa shape index (κ1) is 12.9. The van der Waals surface area contributed by atoms with Crippen LogP contribution in [-0.2, 0) is 0 Å². The van der Waals surface area contributed by atoms with Crippen LogP contribution in [-0.4, -0.2) is 12.7 Å². The second-order valence-electron chi connectivity index (χ2n) is 4.23. The monoisotopic (exact) mass is 340 g/mol. The molecule has 19 heavy (non-hydrogen) atoms. The maximum absolute atomic E-state index is 5.98. The van der Waals surface area contributed by atoms with Gasteiger partial charge in [0.15, 0.2) is 17.6 Å². The summed E-state index contributed by atoms with van der Waals surface area (Å²) in [7, 11) is 0. The molecule has 3 N–H and O–H groups in total. The molecule has 1 aromatic carbocycles. The lowest BCUT2D eigenvalue weighted by molar-refractivity contribution is 0.0616. The summed E-state index contributed by atoms with van der Waals surface area (Å²) in [6.45, 7) is 0.466. The zero-order chi connectivity index (χ0) is 13.2. The van der Waals surface area contributed by atoms with E-state index in [-0.39, 0.29) is 12.1 Å². The van der Waals surface area contributed by atoms with Crippen molar-refractivity contribution in [1.29, 1.82) is 0 Å². The fourth-order valence-corrected chi connectivity index (χ4v) is 3.69. The third kappa shape index (κ3) is 2.49. The number of para-hydroxylation sites is 2. The quantitative estimate of drug-likeness (QED) is 0.666. The Morgan fingerprint density at radius 3 is 2.79 bits per heavy atom. The number of hydrogen-bond donors (Lipinski definition) is 2. The normalized spacial score (nSPS) is 19.2. The molecule has 3 rings (SSSR count). The summed E-state index contributed by atoms with van der Waals surface area (Å²) in [5.74, 6) is 7.21. The Kier molecular flexibility index (Phi) is 3.74. The van der Waals surface area contributed by atoms with Crippen molar-refractivity contribution < 1.29 is 9.47 Å². The van der Waals surface area contributed by atoms with E-state index in [1.54, 1.807) is 11.3 Å². The highest BCUT2D eigenvalue weighted by Crippen LogP contribution is 2.36. The second kappa shape index (κ2) is 5.50. The van der Waals surface area contributed by atoms with E-state index in [1.165, 1.54) is 0 Å². The van der Waals surface area contributed by atoms with Crippen LogP contribution in [0.15, 0.2) is 39.5 Å². The molecule has 2 heterocycles. The van der Waals surface area contributed by atoms with Crippen molar-refractivity contribution >= 4 is 27.3 Å². The van der Waals surface area contributed by atoms with E-state index in [1.807, 2.05) is 29.6 Å². The van der Waals surface area contributed by atoms with Crippen molar-refractivity contribution in [2.45, 2.75) is 12.1 Å². The minimum Gasteiger partial charge on any atom is -0.486 e. The van der Waals surface area contributed by atoms with Crippen molar-refractivity contribution in [2.75, 3.05) is 6.61 Å². The van der Waals surface area contributed by atoms with Crippen LogP contribution >= 0.6 is 27.3 Å².